The first-order valence-electron chi connectivity index (χ1n) is 9.52. The maximum Gasteiger partial charge on any atom is 0.436 e. The van der Waals surface area contributed by atoms with Crippen molar-refractivity contribution in [3.05, 3.63) is 64.0 Å². The minimum absolute atomic E-state index is 0.00329. The number of halogens is 4. The molecule has 10 heteroatoms. The lowest BCUT2D eigenvalue weighted by atomic mass is 10.2. The Labute approximate surface area is 179 Å². The number of carbonyl (C=O) groups is 1. The van der Waals surface area contributed by atoms with Gasteiger partial charge in [-0.3, -0.25) is 14.2 Å². The number of nitrogens with one attached hydrogen (secondary N) is 1. The van der Waals surface area contributed by atoms with Gasteiger partial charge in [0.2, 0.25) is 5.91 Å². The van der Waals surface area contributed by atoms with E-state index in [1.807, 2.05) is 30.3 Å². The largest absolute Gasteiger partial charge is 0.436 e. The van der Waals surface area contributed by atoms with E-state index >= 15 is 0 Å². The zero-order valence-electron chi connectivity index (χ0n) is 15.9. The predicted molar refractivity (Wildman–Crippen MR) is 108 cm³/mol. The van der Waals surface area contributed by atoms with Crippen LogP contribution in [0.2, 0.25) is 0 Å². The molecule has 3 aromatic rings. The molecule has 1 N–H and O–H groups in total. The third-order valence-electron chi connectivity index (χ3n) is 4.81. The Balaban J connectivity index is 1.38. The van der Waals surface area contributed by atoms with Gasteiger partial charge < -0.3 is 5.32 Å². The topological polar surface area (TPSA) is 64.7 Å². The number of hydrogen-bond donors (Lipinski definition) is 1. The lowest BCUT2D eigenvalue weighted by molar-refractivity contribution is -0.142. The van der Waals surface area contributed by atoms with Gasteiger partial charge >= 0.3 is 6.18 Å². The Morgan fingerprint density at radius 3 is 2.57 bits per heavy atom. The molecule has 1 amide bonds. The summed E-state index contributed by atoms with van der Waals surface area (Å²) < 4.78 is 42.5. The zero-order chi connectivity index (χ0) is 21.3. The minimum atomic E-state index is -4.54. The molecular formula is C20H19BrF3N5O. The number of alkyl halides is 3. The molecule has 1 aromatic carbocycles. The van der Waals surface area contributed by atoms with E-state index in [0.717, 1.165) is 18.4 Å². The predicted octanol–water partition coefficient (Wildman–Crippen LogP) is 4.82. The number of hydrogen-bond acceptors (Lipinski definition) is 3. The van der Waals surface area contributed by atoms with E-state index < -0.39 is 11.9 Å². The molecule has 0 atom stereocenters. The average molecular weight is 482 g/mol. The van der Waals surface area contributed by atoms with E-state index in [4.69, 9.17) is 0 Å². The summed E-state index contributed by atoms with van der Waals surface area (Å²) in [6.07, 6.45) is -1.13. The van der Waals surface area contributed by atoms with Crippen molar-refractivity contribution in [1.29, 1.82) is 0 Å². The summed E-state index contributed by atoms with van der Waals surface area (Å²) in [6, 6.07) is 11.5. The highest BCUT2D eigenvalue weighted by Crippen LogP contribution is 2.47. The third-order valence-corrected chi connectivity index (χ3v) is 5.59. The number of aromatic nitrogens is 4. The van der Waals surface area contributed by atoms with Crippen LogP contribution < -0.4 is 5.32 Å². The van der Waals surface area contributed by atoms with Gasteiger partial charge in [-0.15, -0.1) is 0 Å². The van der Waals surface area contributed by atoms with Crippen molar-refractivity contribution in [2.24, 2.45) is 0 Å². The Morgan fingerprint density at radius 2 is 1.90 bits per heavy atom. The van der Waals surface area contributed by atoms with Crippen molar-refractivity contribution in [3.63, 3.8) is 0 Å². The molecule has 2 aromatic heterocycles. The third kappa shape index (κ3) is 4.75. The van der Waals surface area contributed by atoms with Gasteiger partial charge in [0.25, 0.3) is 0 Å². The molecule has 0 radical (unpaired) electrons. The average Bonchev–Trinajstić information content (AvgIpc) is 3.34. The molecule has 1 fully saturated rings. The number of carbonyl (C=O) groups excluding carboxylic acids is 1. The van der Waals surface area contributed by atoms with Crippen LogP contribution in [0.15, 0.2) is 47.1 Å². The first-order chi connectivity index (χ1) is 14.3. The minimum Gasteiger partial charge on any atom is -0.309 e. The monoisotopic (exact) mass is 481 g/mol. The molecule has 0 saturated heterocycles. The first-order valence-corrected chi connectivity index (χ1v) is 10.3. The number of amides is 1. The van der Waals surface area contributed by atoms with E-state index in [0.29, 0.717) is 18.1 Å². The van der Waals surface area contributed by atoms with Crippen molar-refractivity contribution in [2.45, 2.75) is 44.4 Å². The van der Waals surface area contributed by atoms with Gasteiger partial charge in [-0.25, -0.2) is 0 Å². The van der Waals surface area contributed by atoms with Crippen molar-refractivity contribution in [3.8, 4) is 0 Å². The summed E-state index contributed by atoms with van der Waals surface area (Å²) in [4.78, 5) is 12.3. The van der Waals surface area contributed by atoms with Gasteiger partial charge in [-0.05, 0) is 34.3 Å². The number of benzene rings is 1. The van der Waals surface area contributed by atoms with Crippen LogP contribution in [-0.4, -0.2) is 25.5 Å². The quantitative estimate of drug-likeness (QED) is 0.526. The van der Waals surface area contributed by atoms with Crippen LogP contribution in [0.5, 0.6) is 0 Å². The second-order valence-electron chi connectivity index (χ2n) is 7.23. The molecule has 0 unspecified atom stereocenters. The highest BCUT2D eigenvalue weighted by atomic mass is 79.9. The maximum atomic E-state index is 13.2. The SMILES string of the molecule is O=C(CCn1nc(C(F)(F)F)c(Br)c1C1CC1)Nc1ccn(Cc2ccccc2)n1. The van der Waals surface area contributed by atoms with E-state index in [9.17, 15) is 18.0 Å². The van der Waals surface area contributed by atoms with Gasteiger partial charge in [-0.1, -0.05) is 30.3 Å². The number of aryl methyl sites for hydroxylation is 1. The molecule has 1 aliphatic carbocycles. The summed E-state index contributed by atoms with van der Waals surface area (Å²) in [5.74, 6) is 0.123. The van der Waals surface area contributed by atoms with Gasteiger partial charge in [-0.2, -0.15) is 23.4 Å². The van der Waals surface area contributed by atoms with Crippen molar-refractivity contribution < 1.29 is 18.0 Å². The fraction of sp³-hybridized carbons (Fsp3) is 0.350. The molecule has 4 rings (SSSR count). The molecule has 158 valence electrons. The van der Waals surface area contributed by atoms with E-state index in [-0.39, 0.29) is 29.3 Å². The first kappa shape index (κ1) is 20.6. The van der Waals surface area contributed by atoms with Crippen molar-refractivity contribution in [1.82, 2.24) is 19.6 Å². The summed E-state index contributed by atoms with van der Waals surface area (Å²) in [5.41, 5.74) is 0.655. The number of nitrogens with zero attached hydrogens (tertiary/aromatic N) is 4. The highest BCUT2D eigenvalue weighted by Gasteiger charge is 2.41. The van der Waals surface area contributed by atoms with E-state index in [1.165, 1.54) is 4.68 Å². The fourth-order valence-corrected chi connectivity index (χ4v) is 4.08. The van der Waals surface area contributed by atoms with Gasteiger partial charge in [0.15, 0.2) is 11.5 Å². The normalized spacial score (nSPS) is 14.1. The van der Waals surface area contributed by atoms with Crippen LogP contribution in [0.4, 0.5) is 19.0 Å². The summed E-state index contributed by atoms with van der Waals surface area (Å²) in [6.45, 7) is 0.639. The second-order valence-corrected chi connectivity index (χ2v) is 8.02. The van der Waals surface area contributed by atoms with Crippen LogP contribution in [0.1, 0.15) is 42.1 Å². The number of rotatable bonds is 7. The summed E-state index contributed by atoms with van der Waals surface area (Å²) in [7, 11) is 0. The van der Waals surface area contributed by atoms with Crippen LogP contribution in [0.25, 0.3) is 0 Å². The van der Waals surface area contributed by atoms with Crippen molar-refractivity contribution >= 4 is 27.7 Å². The molecule has 0 spiro atoms. The Hall–Kier alpha value is -2.62. The maximum absolute atomic E-state index is 13.2. The van der Waals surface area contributed by atoms with E-state index in [1.54, 1.807) is 16.9 Å². The van der Waals surface area contributed by atoms with Gasteiger partial charge in [0.05, 0.1) is 23.3 Å². The van der Waals surface area contributed by atoms with Crippen LogP contribution in [0, 0.1) is 0 Å². The molecule has 0 aliphatic heterocycles. The van der Waals surface area contributed by atoms with Crippen molar-refractivity contribution in [2.75, 3.05) is 5.32 Å². The molecule has 1 saturated carbocycles. The molecular weight excluding hydrogens is 463 g/mol. The molecule has 0 bridgehead atoms. The highest BCUT2D eigenvalue weighted by molar-refractivity contribution is 9.10. The molecule has 1 aliphatic rings. The Kier molecular flexibility index (Phi) is 5.68. The lowest BCUT2D eigenvalue weighted by Crippen LogP contribution is -2.17. The van der Waals surface area contributed by atoms with Gasteiger partial charge in [0.1, 0.15) is 0 Å². The van der Waals surface area contributed by atoms with Crippen LogP contribution >= 0.6 is 15.9 Å². The fourth-order valence-electron chi connectivity index (χ4n) is 3.25. The molecule has 2 heterocycles. The zero-order valence-corrected chi connectivity index (χ0v) is 17.4. The van der Waals surface area contributed by atoms with Crippen LogP contribution in [0.3, 0.4) is 0 Å². The van der Waals surface area contributed by atoms with Crippen LogP contribution in [-0.2, 0) is 24.1 Å². The standard InChI is InChI=1S/C20H19BrF3N5O/c21-17-18(14-6-7-14)29(27-19(17)20(22,23)24)11-9-16(30)25-15-8-10-28(26-15)12-13-4-2-1-3-5-13/h1-5,8,10,14H,6-7,9,11-12H2,(H,25,26,30). The summed E-state index contributed by atoms with van der Waals surface area (Å²) in [5, 5.41) is 10.7. The Morgan fingerprint density at radius 1 is 1.17 bits per heavy atom. The lowest BCUT2D eigenvalue weighted by Gasteiger charge is -2.07. The molecule has 6 nitrogen and oxygen atoms in total. The molecule has 30 heavy (non-hydrogen) atoms. The number of anilines is 1. The Bertz CT molecular complexity index is 1040. The van der Waals surface area contributed by atoms with Gasteiger partial charge in [0, 0.05) is 24.6 Å². The smallest absolute Gasteiger partial charge is 0.309 e. The summed E-state index contributed by atoms with van der Waals surface area (Å²) >= 11 is 3.05. The second kappa shape index (κ2) is 8.25. The van der Waals surface area contributed by atoms with E-state index in [2.05, 4.69) is 31.4 Å².